The molecule has 0 radical (unpaired) electrons. The topological polar surface area (TPSA) is 86.5 Å². The first-order valence-corrected chi connectivity index (χ1v) is 9.77. The second-order valence-electron chi connectivity index (χ2n) is 6.91. The zero-order valence-corrected chi connectivity index (χ0v) is 17.1. The second-order valence-corrected chi connectivity index (χ2v) is 6.91. The van der Waals surface area contributed by atoms with Gasteiger partial charge in [-0.3, -0.25) is 4.98 Å². The Morgan fingerprint density at radius 1 is 0.935 bits per heavy atom. The van der Waals surface area contributed by atoms with Crippen molar-refractivity contribution in [2.75, 3.05) is 19.5 Å². The lowest BCUT2D eigenvalue weighted by molar-refractivity contribution is 0.356. The van der Waals surface area contributed by atoms with Gasteiger partial charge in [-0.1, -0.05) is 30.3 Å². The van der Waals surface area contributed by atoms with Crippen LogP contribution in [0.4, 0.5) is 5.95 Å². The molecule has 8 heteroatoms. The minimum Gasteiger partial charge on any atom is -0.493 e. The number of fused-ring (bicyclic) bond motifs is 3. The van der Waals surface area contributed by atoms with Crippen LogP contribution in [0.3, 0.4) is 0 Å². The van der Waals surface area contributed by atoms with Gasteiger partial charge in [0.25, 0.3) is 0 Å². The van der Waals surface area contributed by atoms with E-state index in [4.69, 9.17) is 24.5 Å². The van der Waals surface area contributed by atoms with Crippen LogP contribution in [0.1, 0.15) is 5.56 Å². The quantitative estimate of drug-likeness (QED) is 0.452. The number of rotatable bonds is 6. The smallest absolute Gasteiger partial charge is 0.226 e. The van der Waals surface area contributed by atoms with Crippen LogP contribution < -0.4 is 14.8 Å². The predicted molar refractivity (Wildman–Crippen MR) is 118 cm³/mol. The molecule has 1 N–H and O–H groups in total. The summed E-state index contributed by atoms with van der Waals surface area (Å²) in [5.41, 5.74) is 3.36. The molecule has 0 spiro atoms. The number of hydrogen-bond acceptors (Lipinski definition) is 7. The summed E-state index contributed by atoms with van der Waals surface area (Å²) in [5, 5.41) is 8.91. The Balaban J connectivity index is 1.70. The van der Waals surface area contributed by atoms with Gasteiger partial charge in [0.2, 0.25) is 5.95 Å². The number of anilines is 1. The van der Waals surface area contributed by atoms with Crippen LogP contribution in [0.25, 0.3) is 27.9 Å². The molecule has 3 aromatic heterocycles. The van der Waals surface area contributed by atoms with Gasteiger partial charge in [-0.05, 0) is 23.8 Å². The Kier molecular flexibility index (Phi) is 4.80. The van der Waals surface area contributed by atoms with E-state index in [0.29, 0.717) is 35.5 Å². The molecule has 0 unspecified atom stereocenters. The van der Waals surface area contributed by atoms with E-state index in [1.165, 1.54) is 0 Å². The average molecular weight is 412 g/mol. The highest BCUT2D eigenvalue weighted by Gasteiger charge is 2.17. The molecule has 0 amide bonds. The first-order chi connectivity index (χ1) is 15.3. The van der Waals surface area contributed by atoms with Gasteiger partial charge in [0.15, 0.2) is 23.0 Å². The number of nitrogens with one attached hydrogen (secondary N) is 1. The standard InChI is InChI=1S/C23H20N6O2/c1-30-19-11-17-18(12-20(19)31-2)26-23(25-13-15-7-4-3-5-8-15)29-22(17)27-21(28-29)16-9-6-10-24-14-16/h3-12,14H,13H2,1-2H3,(H,25,26). The molecule has 2 aromatic carbocycles. The van der Waals surface area contributed by atoms with Crippen molar-refractivity contribution in [1.82, 2.24) is 24.6 Å². The average Bonchev–Trinajstić information content (AvgIpc) is 3.29. The molecule has 0 aliphatic heterocycles. The van der Waals surface area contributed by atoms with Crippen LogP contribution in [0.2, 0.25) is 0 Å². The number of hydrogen-bond donors (Lipinski definition) is 1. The van der Waals surface area contributed by atoms with Gasteiger partial charge in [0, 0.05) is 36.0 Å². The van der Waals surface area contributed by atoms with Crippen molar-refractivity contribution in [1.29, 1.82) is 0 Å². The summed E-state index contributed by atoms with van der Waals surface area (Å²) in [6.45, 7) is 0.601. The molecule has 0 aliphatic rings. The number of aromatic nitrogens is 5. The van der Waals surface area contributed by atoms with E-state index >= 15 is 0 Å². The van der Waals surface area contributed by atoms with Gasteiger partial charge < -0.3 is 14.8 Å². The predicted octanol–water partition coefficient (Wildman–Crippen LogP) is 3.97. The molecule has 0 atom stereocenters. The molecule has 5 aromatic rings. The van der Waals surface area contributed by atoms with E-state index in [1.807, 2.05) is 42.5 Å². The fourth-order valence-electron chi connectivity index (χ4n) is 3.44. The number of ether oxygens (including phenoxy) is 2. The fourth-order valence-corrected chi connectivity index (χ4v) is 3.44. The summed E-state index contributed by atoms with van der Waals surface area (Å²) in [6.07, 6.45) is 3.46. The lowest BCUT2D eigenvalue weighted by Gasteiger charge is -2.12. The van der Waals surface area contributed by atoms with Crippen LogP contribution in [0.15, 0.2) is 67.0 Å². The maximum absolute atomic E-state index is 5.48. The molecule has 154 valence electrons. The Morgan fingerprint density at radius 2 is 1.74 bits per heavy atom. The number of nitrogens with zero attached hydrogens (tertiary/aromatic N) is 5. The highest BCUT2D eigenvalue weighted by atomic mass is 16.5. The SMILES string of the molecule is COc1cc2nc(NCc3ccccc3)n3nc(-c4cccnc4)nc3c2cc1OC. The van der Waals surface area contributed by atoms with Crippen molar-refractivity contribution in [2.45, 2.75) is 6.54 Å². The van der Waals surface area contributed by atoms with Gasteiger partial charge in [0.1, 0.15) is 0 Å². The monoisotopic (exact) mass is 412 g/mol. The van der Waals surface area contributed by atoms with Gasteiger partial charge in [-0.2, -0.15) is 4.52 Å². The lowest BCUT2D eigenvalue weighted by Crippen LogP contribution is -2.08. The van der Waals surface area contributed by atoms with Crippen LogP contribution >= 0.6 is 0 Å². The lowest BCUT2D eigenvalue weighted by atomic mass is 10.2. The van der Waals surface area contributed by atoms with Gasteiger partial charge >= 0.3 is 0 Å². The minimum absolute atomic E-state index is 0.569. The zero-order valence-electron chi connectivity index (χ0n) is 17.1. The van der Waals surface area contributed by atoms with Crippen molar-refractivity contribution in [3.63, 3.8) is 0 Å². The first kappa shape index (κ1) is 18.8. The maximum Gasteiger partial charge on any atom is 0.226 e. The van der Waals surface area contributed by atoms with E-state index in [2.05, 4.69) is 22.4 Å². The number of methoxy groups -OCH3 is 2. The number of benzene rings is 2. The normalized spacial score (nSPS) is 11.0. The largest absolute Gasteiger partial charge is 0.493 e. The fraction of sp³-hybridized carbons (Fsp3) is 0.130. The third kappa shape index (κ3) is 3.48. The van der Waals surface area contributed by atoms with E-state index in [-0.39, 0.29) is 0 Å². The molecular weight excluding hydrogens is 392 g/mol. The molecular formula is C23H20N6O2. The van der Waals surface area contributed by atoms with E-state index in [9.17, 15) is 0 Å². The van der Waals surface area contributed by atoms with Gasteiger partial charge in [-0.15, -0.1) is 5.10 Å². The Labute approximate surface area is 178 Å². The van der Waals surface area contributed by atoms with Crippen molar-refractivity contribution >= 4 is 22.5 Å². The van der Waals surface area contributed by atoms with Crippen molar-refractivity contribution < 1.29 is 9.47 Å². The molecule has 0 saturated carbocycles. The summed E-state index contributed by atoms with van der Waals surface area (Å²) in [5.74, 6) is 2.36. The van der Waals surface area contributed by atoms with Crippen LogP contribution in [0, 0.1) is 0 Å². The highest BCUT2D eigenvalue weighted by Crippen LogP contribution is 2.34. The molecule has 0 aliphatic carbocycles. The first-order valence-electron chi connectivity index (χ1n) is 9.77. The third-order valence-corrected chi connectivity index (χ3v) is 4.99. The zero-order chi connectivity index (χ0) is 21.2. The molecule has 3 heterocycles. The van der Waals surface area contributed by atoms with Crippen molar-refractivity contribution in [2.24, 2.45) is 0 Å². The Bertz CT molecular complexity index is 1350. The summed E-state index contributed by atoms with van der Waals surface area (Å²) in [4.78, 5) is 13.8. The Hall–Kier alpha value is -4.20. The molecule has 31 heavy (non-hydrogen) atoms. The molecule has 8 nitrogen and oxygen atoms in total. The van der Waals surface area contributed by atoms with Crippen LogP contribution in [0.5, 0.6) is 11.5 Å². The summed E-state index contributed by atoms with van der Waals surface area (Å²) in [6, 6.07) is 17.6. The molecule has 0 saturated heterocycles. The van der Waals surface area contributed by atoms with Gasteiger partial charge in [-0.25, -0.2) is 9.97 Å². The molecule has 0 fully saturated rings. The van der Waals surface area contributed by atoms with E-state index < -0.39 is 0 Å². The highest BCUT2D eigenvalue weighted by molar-refractivity contribution is 5.95. The third-order valence-electron chi connectivity index (χ3n) is 4.99. The van der Waals surface area contributed by atoms with Crippen molar-refractivity contribution in [3.05, 3.63) is 72.6 Å². The number of pyridine rings is 1. The van der Waals surface area contributed by atoms with Crippen molar-refractivity contribution in [3.8, 4) is 22.9 Å². The summed E-state index contributed by atoms with van der Waals surface area (Å²) in [7, 11) is 3.21. The van der Waals surface area contributed by atoms with Gasteiger partial charge in [0.05, 0.1) is 19.7 Å². The molecule has 0 bridgehead atoms. The summed E-state index contributed by atoms with van der Waals surface area (Å²) >= 11 is 0. The minimum atomic E-state index is 0.569. The van der Waals surface area contributed by atoms with Crippen LogP contribution in [-0.4, -0.2) is 38.8 Å². The summed E-state index contributed by atoms with van der Waals surface area (Å²) < 4.78 is 12.7. The second kappa shape index (κ2) is 7.91. The maximum atomic E-state index is 5.48. The van der Waals surface area contributed by atoms with E-state index in [1.54, 1.807) is 31.1 Å². The Morgan fingerprint density at radius 3 is 2.48 bits per heavy atom. The van der Waals surface area contributed by atoms with Crippen LogP contribution in [-0.2, 0) is 6.54 Å². The van der Waals surface area contributed by atoms with E-state index in [0.717, 1.165) is 22.0 Å². The molecule has 5 rings (SSSR count).